The molecular formula is C16H18ClNO2. The van der Waals surface area contributed by atoms with E-state index in [0.717, 1.165) is 22.6 Å². The van der Waals surface area contributed by atoms with E-state index in [1.807, 2.05) is 36.4 Å². The van der Waals surface area contributed by atoms with E-state index < -0.39 is 0 Å². The highest BCUT2D eigenvalue weighted by molar-refractivity contribution is 6.30. The zero-order valence-corrected chi connectivity index (χ0v) is 12.4. The van der Waals surface area contributed by atoms with E-state index in [0.29, 0.717) is 11.4 Å². The number of hydrogen-bond acceptors (Lipinski definition) is 3. The summed E-state index contributed by atoms with van der Waals surface area (Å²) >= 11 is 6.03. The monoisotopic (exact) mass is 291 g/mol. The van der Waals surface area contributed by atoms with Gasteiger partial charge in [0.25, 0.3) is 0 Å². The molecule has 20 heavy (non-hydrogen) atoms. The Morgan fingerprint density at radius 1 is 1.05 bits per heavy atom. The van der Waals surface area contributed by atoms with Crippen LogP contribution in [0.3, 0.4) is 0 Å². The highest BCUT2D eigenvalue weighted by atomic mass is 35.5. The van der Waals surface area contributed by atoms with Gasteiger partial charge in [-0.1, -0.05) is 23.7 Å². The molecule has 0 radical (unpaired) electrons. The minimum absolute atomic E-state index is 0.169. The normalized spacial score (nSPS) is 12.0. The van der Waals surface area contributed by atoms with Gasteiger partial charge in [0.15, 0.2) is 0 Å². The van der Waals surface area contributed by atoms with Gasteiger partial charge in [-0.05, 0) is 42.3 Å². The lowest BCUT2D eigenvalue weighted by Crippen LogP contribution is -2.14. The molecule has 106 valence electrons. The Kier molecular flexibility index (Phi) is 4.88. The molecule has 0 aliphatic rings. The molecule has 1 atom stereocenters. The molecule has 0 aliphatic carbocycles. The van der Waals surface area contributed by atoms with Crippen LogP contribution in [0.4, 0.5) is 0 Å². The Labute approximate surface area is 124 Å². The first kappa shape index (κ1) is 14.7. The van der Waals surface area contributed by atoms with Crippen LogP contribution >= 0.6 is 11.6 Å². The van der Waals surface area contributed by atoms with Crippen LogP contribution in [0.1, 0.15) is 17.2 Å². The summed E-state index contributed by atoms with van der Waals surface area (Å²) in [6, 6.07) is 13.2. The average Bonchev–Trinajstić information content (AvgIpc) is 2.48. The summed E-state index contributed by atoms with van der Waals surface area (Å²) in [5.74, 6) is 1.60. The summed E-state index contributed by atoms with van der Waals surface area (Å²) in [4.78, 5) is 0. The Bertz CT molecular complexity index is 569. The third-order valence-corrected chi connectivity index (χ3v) is 3.44. The van der Waals surface area contributed by atoms with Gasteiger partial charge in [0.1, 0.15) is 11.5 Å². The zero-order chi connectivity index (χ0) is 14.5. The molecule has 0 fully saturated rings. The van der Waals surface area contributed by atoms with Crippen LogP contribution in [-0.2, 0) is 6.42 Å². The van der Waals surface area contributed by atoms with Gasteiger partial charge < -0.3 is 15.2 Å². The number of methoxy groups -OCH3 is 2. The molecule has 2 N–H and O–H groups in total. The lowest BCUT2D eigenvalue weighted by Gasteiger charge is -2.16. The van der Waals surface area contributed by atoms with Crippen molar-refractivity contribution in [2.75, 3.05) is 14.2 Å². The molecule has 1 unspecified atom stereocenters. The first-order chi connectivity index (χ1) is 9.63. The van der Waals surface area contributed by atoms with Crippen LogP contribution in [0.2, 0.25) is 5.02 Å². The Balaban J connectivity index is 2.18. The van der Waals surface area contributed by atoms with Gasteiger partial charge >= 0.3 is 0 Å². The topological polar surface area (TPSA) is 44.5 Å². The summed E-state index contributed by atoms with van der Waals surface area (Å²) in [6.45, 7) is 0. The molecule has 0 amide bonds. The fourth-order valence-corrected chi connectivity index (χ4v) is 2.30. The van der Waals surface area contributed by atoms with Gasteiger partial charge in [0.2, 0.25) is 0 Å². The van der Waals surface area contributed by atoms with Crippen LogP contribution < -0.4 is 15.2 Å². The van der Waals surface area contributed by atoms with Crippen molar-refractivity contribution in [2.24, 2.45) is 5.73 Å². The molecule has 0 saturated carbocycles. The maximum absolute atomic E-state index is 6.27. The lowest BCUT2D eigenvalue weighted by atomic mass is 9.99. The van der Waals surface area contributed by atoms with E-state index >= 15 is 0 Å². The van der Waals surface area contributed by atoms with Gasteiger partial charge in [-0.15, -0.1) is 0 Å². The van der Waals surface area contributed by atoms with Crippen molar-refractivity contribution in [1.29, 1.82) is 0 Å². The molecule has 2 rings (SSSR count). The van der Waals surface area contributed by atoms with Gasteiger partial charge in [-0.2, -0.15) is 0 Å². The average molecular weight is 292 g/mol. The molecule has 2 aromatic rings. The molecule has 0 aliphatic heterocycles. The predicted molar refractivity (Wildman–Crippen MR) is 81.6 cm³/mol. The van der Waals surface area contributed by atoms with Gasteiger partial charge in [-0.25, -0.2) is 0 Å². The van der Waals surface area contributed by atoms with E-state index in [1.165, 1.54) is 0 Å². The molecule has 4 heteroatoms. The number of hydrogen-bond donors (Lipinski definition) is 1. The Morgan fingerprint density at radius 2 is 1.75 bits per heavy atom. The van der Waals surface area contributed by atoms with Crippen molar-refractivity contribution in [3.05, 3.63) is 58.6 Å². The smallest absolute Gasteiger partial charge is 0.123 e. The Hall–Kier alpha value is -1.71. The summed E-state index contributed by atoms with van der Waals surface area (Å²) in [5.41, 5.74) is 8.32. The molecule has 3 nitrogen and oxygen atoms in total. The largest absolute Gasteiger partial charge is 0.497 e. The van der Waals surface area contributed by atoms with E-state index in [-0.39, 0.29) is 6.04 Å². The second kappa shape index (κ2) is 6.64. The third kappa shape index (κ3) is 3.44. The van der Waals surface area contributed by atoms with Crippen LogP contribution in [0.15, 0.2) is 42.5 Å². The van der Waals surface area contributed by atoms with Crippen molar-refractivity contribution in [2.45, 2.75) is 12.5 Å². The summed E-state index contributed by atoms with van der Waals surface area (Å²) < 4.78 is 10.5. The molecule has 0 saturated heterocycles. The third-order valence-electron chi connectivity index (χ3n) is 3.21. The summed E-state index contributed by atoms with van der Waals surface area (Å²) in [6.07, 6.45) is 0.709. The summed E-state index contributed by atoms with van der Waals surface area (Å²) in [5, 5.41) is 0.658. The van der Waals surface area contributed by atoms with Crippen LogP contribution in [-0.4, -0.2) is 14.2 Å². The van der Waals surface area contributed by atoms with Crippen LogP contribution in [0.25, 0.3) is 0 Å². The minimum atomic E-state index is -0.169. The summed E-state index contributed by atoms with van der Waals surface area (Å²) in [7, 11) is 3.28. The number of nitrogens with two attached hydrogens (primary N) is 1. The van der Waals surface area contributed by atoms with Crippen molar-refractivity contribution in [3.8, 4) is 11.5 Å². The van der Waals surface area contributed by atoms with E-state index in [4.69, 9.17) is 26.8 Å². The fraction of sp³-hybridized carbons (Fsp3) is 0.250. The second-order valence-corrected chi connectivity index (χ2v) is 4.98. The quantitative estimate of drug-likeness (QED) is 0.915. The highest BCUT2D eigenvalue weighted by Gasteiger charge is 2.13. The van der Waals surface area contributed by atoms with Gasteiger partial charge in [0.05, 0.1) is 14.2 Å². The molecule has 0 spiro atoms. The first-order valence-electron chi connectivity index (χ1n) is 6.36. The standard InChI is InChI=1S/C16H18ClNO2/c1-19-13-6-3-11(4-7-13)9-15(18)14-10-12(17)5-8-16(14)20-2/h3-8,10,15H,9,18H2,1-2H3. The number of ether oxygens (including phenoxy) is 2. The fourth-order valence-electron chi connectivity index (χ4n) is 2.12. The predicted octanol–water partition coefficient (Wildman–Crippen LogP) is 3.60. The Morgan fingerprint density at radius 3 is 2.35 bits per heavy atom. The van der Waals surface area contributed by atoms with Gasteiger partial charge in [0, 0.05) is 16.6 Å². The number of rotatable bonds is 5. The van der Waals surface area contributed by atoms with Crippen LogP contribution in [0, 0.1) is 0 Å². The van der Waals surface area contributed by atoms with Crippen molar-refractivity contribution < 1.29 is 9.47 Å². The second-order valence-electron chi connectivity index (χ2n) is 4.54. The van der Waals surface area contributed by atoms with Crippen molar-refractivity contribution in [1.82, 2.24) is 0 Å². The van der Waals surface area contributed by atoms with Crippen molar-refractivity contribution >= 4 is 11.6 Å². The number of halogens is 1. The molecule has 0 heterocycles. The van der Waals surface area contributed by atoms with Gasteiger partial charge in [-0.3, -0.25) is 0 Å². The minimum Gasteiger partial charge on any atom is -0.497 e. The molecule has 0 bridgehead atoms. The molecular weight excluding hydrogens is 274 g/mol. The lowest BCUT2D eigenvalue weighted by molar-refractivity contribution is 0.405. The maximum atomic E-state index is 6.27. The molecule has 0 aromatic heterocycles. The maximum Gasteiger partial charge on any atom is 0.123 e. The first-order valence-corrected chi connectivity index (χ1v) is 6.73. The zero-order valence-electron chi connectivity index (χ0n) is 11.6. The highest BCUT2D eigenvalue weighted by Crippen LogP contribution is 2.29. The van der Waals surface area contributed by atoms with E-state index in [2.05, 4.69) is 0 Å². The van der Waals surface area contributed by atoms with E-state index in [1.54, 1.807) is 20.3 Å². The number of benzene rings is 2. The van der Waals surface area contributed by atoms with Crippen molar-refractivity contribution in [3.63, 3.8) is 0 Å². The van der Waals surface area contributed by atoms with E-state index in [9.17, 15) is 0 Å². The van der Waals surface area contributed by atoms with Crippen LogP contribution in [0.5, 0.6) is 11.5 Å². The SMILES string of the molecule is COc1ccc(CC(N)c2cc(Cl)ccc2OC)cc1. The molecule has 2 aromatic carbocycles.